The summed E-state index contributed by atoms with van der Waals surface area (Å²) in [5, 5.41) is 9.61. The van der Waals surface area contributed by atoms with Crippen LogP contribution in [0.1, 0.15) is 0 Å². The number of benzene rings is 9. The van der Waals surface area contributed by atoms with Gasteiger partial charge in [0.15, 0.2) is 5.58 Å². The van der Waals surface area contributed by atoms with Crippen molar-refractivity contribution < 1.29 is 4.42 Å². The standard InChI is InChI=1S/C54H33N3O/c1-2-11-37(12-3-1)56-48-18-8-5-14-40(48)43-29-33(22-26-49(43)56)34-23-27-50-44(30-34)45-31-35(36-21-25-39-38-13-4-7-17-46(38)55-47(39)32-36)24-28-51(45)57(50)52-19-10-16-42-41-15-6-9-20-53(41)58-54(42)52/h1-32,55H. The van der Waals surface area contributed by atoms with Gasteiger partial charge in [0.25, 0.3) is 0 Å². The number of aromatic amines is 1. The Labute approximate surface area is 332 Å². The molecule has 0 saturated heterocycles. The summed E-state index contributed by atoms with van der Waals surface area (Å²) >= 11 is 0. The molecule has 1 N–H and O–H groups in total. The van der Waals surface area contributed by atoms with E-state index < -0.39 is 0 Å². The summed E-state index contributed by atoms with van der Waals surface area (Å²) in [5.41, 5.74) is 15.7. The van der Waals surface area contributed by atoms with Gasteiger partial charge in [-0.05, 0) is 101 Å². The molecule has 4 heterocycles. The normalized spacial score (nSPS) is 12.1. The Morgan fingerprint density at radius 2 is 0.862 bits per heavy atom. The molecule has 13 rings (SSSR count). The van der Waals surface area contributed by atoms with Gasteiger partial charge in [0, 0.05) is 59.8 Å². The maximum Gasteiger partial charge on any atom is 0.159 e. The highest BCUT2D eigenvalue weighted by atomic mass is 16.3. The maximum atomic E-state index is 6.64. The third-order valence-electron chi connectivity index (χ3n) is 12.2. The van der Waals surface area contributed by atoms with Crippen LogP contribution in [0.15, 0.2) is 199 Å². The lowest BCUT2D eigenvalue weighted by Gasteiger charge is -2.10. The number of fused-ring (bicyclic) bond motifs is 12. The van der Waals surface area contributed by atoms with Crippen molar-refractivity contribution >= 4 is 87.4 Å². The van der Waals surface area contributed by atoms with Crippen molar-refractivity contribution in [1.29, 1.82) is 0 Å². The highest BCUT2D eigenvalue weighted by Gasteiger charge is 2.20. The number of rotatable bonds is 4. The van der Waals surface area contributed by atoms with Gasteiger partial charge < -0.3 is 18.5 Å². The van der Waals surface area contributed by atoms with Crippen molar-refractivity contribution in [2.45, 2.75) is 0 Å². The van der Waals surface area contributed by atoms with E-state index in [9.17, 15) is 0 Å². The van der Waals surface area contributed by atoms with E-state index in [0.29, 0.717) is 0 Å². The Kier molecular flexibility index (Phi) is 6.41. The van der Waals surface area contributed by atoms with Crippen LogP contribution in [0.2, 0.25) is 0 Å². The molecular weight excluding hydrogens is 707 g/mol. The highest BCUT2D eigenvalue weighted by molar-refractivity contribution is 6.16. The molecule has 58 heavy (non-hydrogen) atoms. The Bertz CT molecular complexity index is 3800. The first-order valence-corrected chi connectivity index (χ1v) is 19.8. The number of nitrogens with zero attached hydrogens (tertiary/aromatic N) is 2. The molecule has 0 saturated carbocycles. The van der Waals surface area contributed by atoms with Crippen LogP contribution in [0.4, 0.5) is 0 Å². The molecule has 4 nitrogen and oxygen atoms in total. The predicted molar refractivity (Wildman–Crippen MR) is 243 cm³/mol. The summed E-state index contributed by atoms with van der Waals surface area (Å²) in [6.45, 7) is 0. The second-order valence-electron chi connectivity index (χ2n) is 15.4. The third kappa shape index (κ3) is 4.45. The van der Waals surface area contributed by atoms with E-state index in [-0.39, 0.29) is 0 Å². The van der Waals surface area contributed by atoms with Gasteiger partial charge in [0.2, 0.25) is 0 Å². The van der Waals surface area contributed by atoms with E-state index in [1.54, 1.807) is 0 Å². The largest absolute Gasteiger partial charge is 0.454 e. The molecule has 4 aromatic heterocycles. The third-order valence-corrected chi connectivity index (χ3v) is 12.2. The minimum absolute atomic E-state index is 0.889. The van der Waals surface area contributed by atoms with E-state index in [1.165, 1.54) is 65.6 Å². The monoisotopic (exact) mass is 739 g/mol. The molecule has 0 aliphatic carbocycles. The number of hydrogen-bond acceptors (Lipinski definition) is 1. The fraction of sp³-hybridized carbons (Fsp3) is 0. The van der Waals surface area contributed by atoms with Crippen molar-refractivity contribution in [3.8, 4) is 33.6 Å². The molecule has 0 amide bonds. The summed E-state index contributed by atoms with van der Waals surface area (Å²) in [6.07, 6.45) is 0. The summed E-state index contributed by atoms with van der Waals surface area (Å²) in [5.74, 6) is 0. The molecule has 13 aromatic rings. The van der Waals surface area contributed by atoms with Crippen molar-refractivity contribution in [3.63, 3.8) is 0 Å². The first-order valence-electron chi connectivity index (χ1n) is 19.8. The molecule has 4 heteroatoms. The molecule has 0 aliphatic heterocycles. The fourth-order valence-electron chi connectivity index (χ4n) is 9.59. The summed E-state index contributed by atoms with van der Waals surface area (Å²) in [7, 11) is 0. The summed E-state index contributed by atoms with van der Waals surface area (Å²) in [6, 6.07) is 70.3. The minimum Gasteiger partial charge on any atom is -0.454 e. The molecular formula is C54H33N3O. The second kappa shape index (κ2) is 11.8. The maximum absolute atomic E-state index is 6.64. The van der Waals surface area contributed by atoms with Gasteiger partial charge in [0.05, 0.1) is 27.8 Å². The Morgan fingerprint density at radius 1 is 0.328 bits per heavy atom. The molecule has 270 valence electrons. The van der Waals surface area contributed by atoms with Gasteiger partial charge in [-0.25, -0.2) is 0 Å². The van der Waals surface area contributed by atoms with Crippen LogP contribution < -0.4 is 0 Å². The average Bonchev–Trinajstić information content (AvgIpc) is 4.03. The fourth-order valence-corrected chi connectivity index (χ4v) is 9.59. The second-order valence-corrected chi connectivity index (χ2v) is 15.4. The topological polar surface area (TPSA) is 38.8 Å². The van der Waals surface area contributed by atoms with E-state index >= 15 is 0 Å². The van der Waals surface area contributed by atoms with Gasteiger partial charge in [-0.2, -0.15) is 0 Å². The van der Waals surface area contributed by atoms with Crippen LogP contribution in [-0.2, 0) is 0 Å². The number of hydrogen-bond donors (Lipinski definition) is 1. The number of aromatic nitrogens is 3. The van der Waals surface area contributed by atoms with Crippen LogP contribution in [0.3, 0.4) is 0 Å². The van der Waals surface area contributed by atoms with Crippen molar-refractivity contribution in [2.75, 3.05) is 0 Å². The molecule has 0 radical (unpaired) electrons. The van der Waals surface area contributed by atoms with Crippen LogP contribution in [0, 0.1) is 0 Å². The smallest absolute Gasteiger partial charge is 0.159 e. The quantitative estimate of drug-likeness (QED) is 0.192. The Balaban J connectivity index is 1.05. The lowest BCUT2D eigenvalue weighted by Crippen LogP contribution is -1.94. The first kappa shape index (κ1) is 31.4. The van der Waals surface area contributed by atoms with Gasteiger partial charge in [-0.3, -0.25) is 0 Å². The zero-order chi connectivity index (χ0) is 37.9. The molecule has 9 aromatic carbocycles. The molecule has 0 aliphatic rings. The van der Waals surface area contributed by atoms with Crippen LogP contribution in [0.5, 0.6) is 0 Å². The lowest BCUT2D eigenvalue weighted by atomic mass is 9.99. The van der Waals surface area contributed by atoms with Crippen molar-refractivity contribution in [1.82, 2.24) is 14.1 Å². The van der Waals surface area contributed by atoms with E-state index in [0.717, 1.165) is 55.4 Å². The Morgan fingerprint density at radius 3 is 1.62 bits per heavy atom. The van der Waals surface area contributed by atoms with Crippen LogP contribution >= 0.6 is 0 Å². The number of furan rings is 1. The number of para-hydroxylation sites is 5. The number of H-pyrrole nitrogens is 1. The van der Waals surface area contributed by atoms with Crippen LogP contribution in [-0.4, -0.2) is 14.1 Å². The molecule has 0 bridgehead atoms. The highest BCUT2D eigenvalue weighted by Crippen LogP contribution is 2.42. The van der Waals surface area contributed by atoms with Crippen molar-refractivity contribution in [2.24, 2.45) is 0 Å². The molecule has 0 spiro atoms. The SMILES string of the molecule is c1ccc(-n2c3ccccc3c3cc(-c4ccc5c(c4)c4cc(-c6ccc7c(c6)[nH]c6ccccc67)ccc4n5-c4cccc5c4oc4ccccc45)ccc32)cc1. The molecule has 0 fully saturated rings. The predicted octanol–water partition coefficient (Wildman–Crippen LogP) is 14.7. The first-order chi connectivity index (χ1) is 28.7. The van der Waals surface area contributed by atoms with Gasteiger partial charge in [-0.15, -0.1) is 0 Å². The van der Waals surface area contributed by atoms with E-state index in [2.05, 4.69) is 202 Å². The lowest BCUT2D eigenvalue weighted by molar-refractivity contribution is 0.666. The van der Waals surface area contributed by atoms with Crippen LogP contribution in [0.25, 0.3) is 121 Å². The number of nitrogens with one attached hydrogen (secondary N) is 1. The average molecular weight is 740 g/mol. The van der Waals surface area contributed by atoms with E-state index in [1.807, 2.05) is 6.07 Å². The van der Waals surface area contributed by atoms with Crippen molar-refractivity contribution in [3.05, 3.63) is 194 Å². The zero-order valence-electron chi connectivity index (χ0n) is 31.3. The van der Waals surface area contributed by atoms with E-state index in [4.69, 9.17) is 4.42 Å². The summed E-state index contributed by atoms with van der Waals surface area (Å²) in [4.78, 5) is 3.65. The van der Waals surface area contributed by atoms with Gasteiger partial charge in [-0.1, -0.05) is 115 Å². The minimum atomic E-state index is 0.889. The van der Waals surface area contributed by atoms with Gasteiger partial charge >= 0.3 is 0 Å². The van der Waals surface area contributed by atoms with Gasteiger partial charge in [0.1, 0.15) is 5.58 Å². The molecule has 0 unspecified atom stereocenters. The Hall–Kier alpha value is -7.82. The zero-order valence-corrected chi connectivity index (χ0v) is 31.3. The summed E-state index contributed by atoms with van der Waals surface area (Å²) < 4.78 is 11.4. The molecule has 0 atom stereocenters.